The number of hydrogen-bond donors (Lipinski definition) is 2. The minimum Gasteiger partial charge on any atom is -0.420 e. The average molecular weight is 356 g/mol. The van der Waals surface area contributed by atoms with E-state index in [0.29, 0.717) is 11.3 Å². The number of aromatic amines is 1. The van der Waals surface area contributed by atoms with E-state index in [1.165, 1.54) is 17.4 Å². The van der Waals surface area contributed by atoms with Crippen molar-refractivity contribution >= 4 is 11.3 Å². The van der Waals surface area contributed by atoms with Crippen LogP contribution in [0.4, 0.5) is 8.78 Å². The van der Waals surface area contributed by atoms with Gasteiger partial charge in [-0.1, -0.05) is 12.1 Å². The van der Waals surface area contributed by atoms with Crippen LogP contribution in [0.3, 0.4) is 0 Å². The molecule has 8 heteroatoms. The van der Waals surface area contributed by atoms with Crippen LogP contribution in [0.25, 0.3) is 10.6 Å². The number of nitrogens with two attached hydrogens (primary N) is 1. The van der Waals surface area contributed by atoms with Crippen molar-refractivity contribution in [2.45, 2.75) is 5.92 Å². The molecule has 1 aliphatic heterocycles. The molecule has 0 spiro atoms. The van der Waals surface area contributed by atoms with E-state index in [1.54, 1.807) is 0 Å². The molecule has 0 amide bonds. The van der Waals surface area contributed by atoms with Gasteiger partial charge in [-0.25, -0.2) is 8.78 Å². The predicted octanol–water partition coefficient (Wildman–Crippen LogP) is 3.63. The van der Waals surface area contributed by atoms with Crippen molar-refractivity contribution in [3.63, 3.8) is 0 Å². The van der Waals surface area contributed by atoms with Gasteiger partial charge in [0.05, 0.1) is 22.1 Å². The van der Waals surface area contributed by atoms with E-state index in [4.69, 9.17) is 10.5 Å². The summed E-state index contributed by atoms with van der Waals surface area (Å²) in [6, 6.07) is 8.93. The quantitative estimate of drug-likeness (QED) is 0.734. The normalized spacial score (nSPS) is 16.3. The highest BCUT2D eigenvalue weighted by Gasteiger charge is 2.37. The van der Waals surface area contributed by atoms with Crippen molar-refractivity contribution in [1.82, 2.24) is 10.2 Å². The highest BCUT2D eigenvalue weighted by Crippen LogP contribution is 2.46. The predicted molar refractivity (Wildman–Crippen MR) is 87.6 cm³/mol. The third-order valence-corrected chi connectivity index (χ3v) is 4.87. The van der Waals surface area contributed by atoms with Crippen molar-refractivity contribution < 1.29 is 13.5 Å². The fraction of sp³-hybridized carbons (Fsp3) is 0.0588. The molecule has 0 bridgehead atoms. The second kappa shape index (κ2) is 5.72. The van der Waals surface area contributed by atoms with Gasteiger partial charge in [-0.15, -0.1) is 16.4 Å². The zero-order valence-electron chi connectivity index (χ0n) is 12.6. The first-order chi connectivity index (χ1) is 12.1. The number of aromatic nitrogens is 2. The number of ether oxygens (including phenoxy) is 1. The van der Waals surface area contributed by atoms with Crippen molar-refractivity contribution in [3.05, 3.63) is 69.9 Å². The summed E-state index contributed by atoms with van der Waals surface area (Å²) < 4.78 is 33.2. The van der Waals surface area contributed by atoms with E-state index in [1.807, 2.05) is 23.6 Å². The molecule has 0 unspecified atom stereocenters. The number of H-pyrrole nitrogens is 1. The van der Waals surface area contributed by atoms with E-state index < -0.39 is 17.6 Å². The van der Waals surface area contributed by atoms with E-state index in [9.17, 15) is 14.0 Å². The van der Waals surface area contributed by atoms with Gasteiger partial charge >= 0.3 is 0 Å². The van der Waals surface area contributed by atoms with Gasteiger partial charge in [0.2, 0.25) is 11.8 Å². The maximum absolute atomic E-state index is 14.5. The molecule has 3 aromatic rings. The van der Waals surface area contributed by atoms with Gasteiger partial charge in [-0.3, -0.25) is 5.10 Å². The Bertz CT molecular complexity index is 1030. The molecule has 1 aromatic carbocycles. The zero-order chi connectivity index (χ0) is 17.6. The molecule has 2 aromatic heterocycles. The van der Waals surface area contributed by atoms with Crippen LogP contribution in [0.2, 0.25) is 0 Å². The lowest BCUT2D eigenvalue weighted by Gasteiger charge is -2.24. The first kappa shape index (κ1) is 15.4. The number of nitriles is 1. The molecular weight excluding hydrogens is 346 g/mol. The van der Waals surface area contributed by atoms with Crippen molar-refractivity contribution in [3.8, 4) is 22.5 Å². The third-order valence-electron chi connectivity index (χ3n) is 3.98. The summed E-state index contributed by atoms with van der Waals surface area (Å²) in [4.78, 5) is 0.850. The highest BCUT2D eigenvalue weighted by molar-refractivity contribution is 7.13. The van der Waals surface area contributed by atoms with Crippen LogP contribution in [-0.2, 0) is 0 Å². The van der Waals surface area contributed by atoms with Crippen LogP contribution >= 0.6 is 11.3 Å². The molecule has 3 heterocycles. The Morgan fingerprint density at radius 1 is 1.32 bits per heavy atom. The van der Waals surface area contributed by atoms with E-state index >= 15 is 0 Å². The first-order valence-corrected chi connectivity index (χ1v) is 8.12. The lowest BCUT2D eigenvalue weighted by atomic mass is 9.83. The second-order valence-electron chi connectivity index (χ2n) is 5.39. The molecule has 0 saturated heterocycles. The number of nitrogens with one attached hydrogen (secondary N) is 1. The van der Waals surface area contributed by atoms with Crippen LogP contribution in [0.5, 0.6) is 5.88 Å². The zero-order valence-corrected chi connectivity index (χ0v) is 13.4. The number of nitrogens with zero attached hydrogens (tertiary/aromatic N) is 2. The molecule has 0 aliphatic carbocycles. The van der Waals surface area contributed by atoms with Crippen LogP contribution in [0, 0.1) is 23.0 Å². The molecule has 0 saturated carbocycles. The van der Waals surface area contributed by atoms with Crippen molar-refractivity contribution in [2.75, 3.05) is 0 Å². The van der Waals surface area contributed by atoms with Crippen molar-refractivity contribution in [2.24, 2.45) is 5.73 Å². The lowest BCUT2D eigenvalue weighted by Crippen LogP contribution is -2.21. The summed E-state index contributed by atoms with van der Waals surface area (Å²) in [6.45, 7) is 0. The SMILES string of the molecule is N#CC1=C(N)Oc2n[nH]c(-c3cccs3)c2[C@H]1c1ccc(F)cc1F. The number of halogens is 2. The summed E-state index contributed by atoms with van der Waals surface area (Å²) in [5, 5.41) is 18.4. The molecule has 25 heavy (non-hydrogen) atoms. The minimum absolute atomic E-state index is 0.0530. The monoisotopic (exact) mass is 356 g/mol. The number of allylic oxidation sites excluding steroid dienone is 1. The topological polar surface area (TPSA) is 87.7 Å². The molecule has 1 atom stereocenters. The van der Waals surface area contributed by atoms with Gasteiger partial charge in [-0.05, 0) is 17.5 Å². The summed E-state index contributed by atoms with van der Waals surface area (Å²) >= 11 is 1.46. The summed E-state index contributed by atoms with van der Waals surface area (Å²) in [5.41, 5.74) is 7.12. The van der Waals surface area contributed by atoms with Gasteiger partial charge in [-0.2, -0.15) is 5.26 Å². The Morgan fingerprint density at radius 2 is 2.16 bits per heavy atom. The Morgan fingerprint density at radius 3 is 2.84 bits per heavy atom. The number of hydrogen-bond acceptors (Lipinski definition) is 5. The molecular formula is C17H10F2N4OS. The Hall–Kier alpha value is -3.18. The first-order valence-electron chi connectivity index (χ1n) is 7.24. The number of fused-ring (bicyclic) bond motifs is 1. The van der Waals surface area contributed by atoms with Crippen LogP contribution in [0.15, 0.2) is 47.2 Å². The Kier molecular flexibility index (Phi) is 3.51. The van der Waals surface area contributed by atoms with E-state index in [0.717, 1.165) is 17.0 Å². The molecule has 5 nitrogen and oxygen atoms in total. The maximum Gasteiger partial charge on any atom is 0.244 e. The molecule has 124 valence electrons. The van der Waals surface area contributed by atoms with Gasteiger partial charge in [0.1, 0.15) is 23.3 Å². The largest absolute Gasteiger partial charge is 0.420 e. The smallest absolute Gasteiger partial charge is 0.244 e. The maximum atomic E-state index is 14.5. The summed E-state index contributed by atoms with van der Waals surface area (Å²) in [5.74, 6) is -2.28. The van der Waals surface area contributed by atoms with E-state index in [2.05, 4.69) is 10.2 Å². The number of benzene rings is 1. The Balaban J connectivity index is 1.99. The molecule has 3 N–H and O–H groups in total. The van der Waals surface area contributed by atoms with Gasteiger partial charge in [0.25, 0.3) is 0 Å². The minimum atomic E-state index is -0.842. The third kappa shape index (κ3) is 2.37. The second-order valence-corrected chi connectivity index (χ2v) is 6.33. The standard InChI is InChI=1S/C17H10F2N4OS/c18-8-3-4-9(11(19)6-8)13-10(7-20)16(21)24-17-14(13)15(22-23-17)12-2-1-5-25-12/h1-6,13H,21H2,(H,22,23)/t13-/m0/s1. The van der Waals surface area contributed by atoms with Crippen LogP contribution < -0.4 is 10.5 Å². The van der Waals surface area contributed by atoms with Crippen LogP contribution in [-0.4, -0.2) is 10.2 Å². The van der Waals surface area contributed by atoms with Crippen LogP contribution in [0.1, 0.15) is 17.0 Å². The average Bonchev–Trinajstić information content (AvgIpc) is 3.22. The summed E-state index contributed by atoms with van der Waals surface area (Å²) in [6.07, 6.45) is 0. The lowest BCUT2D eigenvalue weighted by molar-refractivity contribution is 0.378. The number of thiophene rings is 1. The molecule has 0 fully saturated rings. The van der Waals surface area contributed by atoms with Gasteiger partial charge in [0.15, 0.2) is 0 Å². The van der Waals surface area contributed by atoms with Gasteiger partial charge in [0, 0.05) is 11.6 Å². The fourth-order valence-electron chi connectivity index (χ4n) is 2.90. The molecule has 1 aliphatic rings. The number of rotatable bonds is 2. The highest BCUT2D eigenvalue weighted by atomic mass is 32.1. The fourth-order valence-corrected chi connectivity index (χ4v) is 3.63. The molecule has 4 rings (SSSR count). The Labute approximate surface area is 145 Å². The summed E-state index contributed by atoms with van der Waals surface area (Å²) in [7, 11) is 0. The van der Waals surface area contributed by atoms with Gasteiger partial charge < -0.3 is 10.5 Å². The van der Waals surface area contributed by atoms with E-state index in [-0.39, 0.29) is 22.9 Å². The van der Waals surface area contributed by atoms with Crippen molar-refractivity contribution in [1.29, 1.82) is 5.26 Å². The molecule has 0 radical (unpaired) electrons.